The zero-order valence-corrected chi connectivity index (χ0v) is 8.65. The van der Waals surface area contributed by atoms with Crippen LogP contribution >= 0.6 is 0 Å². The van der Waals surface area contributed by atoms with Crippen LogP contribution in [0.2, 0.25) is 0 Å². The van der Waals surface area contributed by atoms with E-state index in [1.54, 1.807) is 0 Å². The summed E-state index contributed by atoms with van der Waals surface area (Å²) >= 11 is 0. The van der Waals surface area contributed by atoms with E-state index in [0.717, 1.165) is 11.3 Å². The lowest BCUT2D eigenvalue weighted by atomic mass is 10.1. The molecule has 0 radical (unpaired) electrons. The Hall–Kier alpha value is -1.88. The van der Waals surface area contributed by atoms with Gasteiger partial charge in [0.15, 0.2) is 0 Å². The average molecular weight is 207 g/mol. The molecule has 0 aliphatic heterocycles. The Labute approximate surface area is 88.1 Å². The molecule has 2 amide bonds. The van der Waals surface area contributed by atoms with Crippen molar-refractivity contribution in [3.05, 3.63) is 35.9 Å². The Morgan fingerprint density at radius 1 is 1.33 bits per heavy atom. The maximum atomic E-state index is 10.9. The zero-order valence-electron chi connectivity index (χ0n) is 8.65. The molecule has 1 aromatic carbocycles. The van der Waals surface area contributed by atoms with Gasteiger partial charge in [-0.1, -0.05) is 30.3 Å². The van der Waals surface area contributed by atoms with Crippen molar-refractivity contribution in [2.45, 2.75) is 6.92 Å². The fourth-order valence-electron chi connectivity index (χ4n) is 0.994. The Balaban J connectivity index is 2.57. The summed E-state index contributed by atoms with van der Waals surface area (Å²) in [7, 11) is 1.35. The van der Waals surface area contributed by atoms with E-state index in [2.05, 4.69) is 20.8 Å². The van der Waals surface area contributed by atoms with Crippen LogP contribution in [0.15, 0.2) is 35.4 Å². The third kappa shape index (κ3) is 3.78. The number of carbonyl (C=O) groups is 1. The molecular formula is C10H13N3O2. The molecule has 0 spiro atoms. The lowest BCUT2D eigenvalue weighted by Gasteiger charge is -2.02. The lowest BCUT2D eigenvalue weighted by molar-refractivity contribution is 0.108. The average Bonchev–Trinajstić information content (AvgIpc) is 2.27. The monoisotopic (exact) mass is 207 g/mol. The van der Waals surface area contributed by atoms with Crippen LogP contribution in [0.5, 0.6) is 0 Å². The zero-order chi connectivity index (χ0) is 11.1. The van der Waals surface area contributed by atoms with Gasteiger partial charge in [-0.2, -0.15) is 5.10 Å². The van der Waals surface area contributed by atoms with Gasteiger partial charge in [0.05, 0.1) is 12.8 Å². The van der Waals surface area contributed by atoms with Crippen LogP contribution in [0.1, 0.15) is 12.5 Å². The van der Waals surface area contributed by atoms with E-state index in [1.165, 1.54) is 7.11 Å². The van der Waals surface area contributed by atoms with E-state index in [0.29, 0.717) is 0 Å². The number of hydrogen-bond acceptors (Lipinski definition) is 3. The Morgan fingerprint density at radius 2 is 2.00 bits per heavy atom. The summed E-state index contributed by atoms with van der Waals surface area (Å²) in [5.74, 6) is 0. The first-order valence-electron chi connectivity index (χ1n) is 4.42. The summed E-state index contributed by atoms with van der Waals surface area (Å²) in [5, 5.41) is 3.89. The summed E-state index contributed by atoms with van der Waals surface area (Å²) in [5.41, 5.74) is 6.07. The topological polar surface area (TPSA) is 62.7 Å². The Bertz CT molecular complexity index is 349. The van der Waals surface area contributed by atoms with Crippen molar-refractivity contribution >= 4 is 11.7 Å². The molecule has 0 atom stereocenters. The first kappa shape index (κ1) is 11.2. The number of carbonyl (C=O) groups excluding carboxylic acids is 1. The van der Waals surface area contributed by atoms with E-state index in [4.69, 9.17) is 0 Å². The van der Waals surface area contributed by atoms with Crippen molar-refractivity contribution in [2.75, 3.05) is 7.11 Å². The summed E-state index contributed by atoms with van der Waals surface area (Å²) in [6.45, 7) is 1.81. The normalized spacial score (nSPS) is 10.9. The van der Waals surface area contributed by atoms with E-state index in [1.807, 2.05) is 37.3 Å². The van der Waals surface area contributed by atoms with Crippen LogP contribution in [-0.2, 0) is 4.84 Å². The number of amides is 2. The number of urea groups is 1. The van der Waals surface area contributed by atoms with E-state index >= 15 is 0 Å². The van der Waals surface area contributed by atoms with Crippen LogP contribution in [-0.4, -0.2) is 18.9 Å². The van der Waals surface area contributed by atoms with Gasteiger partial charge in [0.25, 0.3) is 0 Å². The maximum Gasteiger partial charge on any atom is 0.359 e. The highest BCUT2D eigenvalue weighted by molar-refractivity contribution is 5.99. The van der Waals surface area contributed by atoms with Gasteiger partial charge >= 0.3 is 6.03 Å². The molecule has 0 fully saturated rings. The SMILES string of the molecule is CONC(=O)N/N=C(/C)c1ccccc1. The quantitative estimate of drug-likeness (QED) is 0.579. The largest absolute Gasteiger partial charge is 0.359 e. The molecule has 15 heavy (non-hydrogen) atoms. The lowest BCUT2D eigenvalue weighted by Crippen LogP contribution is -2.31. The molecule has 0 aliphatic rings. The fraction of sp³-hybridized carbons (Fsp3) is 0.200. The molecule has 5 nitrogen and oxygen atoms in total. The van der Waals surface area contributed by atoms with Crippen LogP contribution in [0.3, 0.4) is 0 Å². The molecule has 5 heteroatoms. The summed E-state index contributed by atoms with van der Waals surface area (Å²) < 4.78 is 0. The van der Waals surface area contributed by atoms with Crippen molar-refractivity contribution in [2.24, 2.45) is 5.10 Å². The molecule has 0 heterocycles. The highest BCUT2D eigenvalue weighted by Gasteiger charge is 1.98. The second-order valence-corrected chi connectivity index (χ2v) is 2.81. The fourth-order valence-corrected chi connectivity index (χ4v) is 0.994. The summed E-state index contributed by atoms with van der Waals surface area (Å²) in [6, 6.07) is 9.05. The first-order valence-corrected chi connectivity index (χ1v) is 4.42. The minimum Gasteiger partial charge on any atom is -0.275 e. The molecule has 80 valence electrons. The number of hydrogen-bond donors (Lipinski definition) is 2. The van der Waals surface area contributed by atoms with Gasteiger partial charge in [-0.15, -0.1) is 0 Å². The number of hydroxylamine groups is 1. The van der Waals surface area contributed by atoms with Crippen LogP contribution in [0.25, 0.3) is 0 Å². The molecule has 0 aliphatic carbocycles. The molecule has 0 saturated heterocycles. The molecule has 0 unspecified atom stereocenters. The predicted molar refractivity (Wildman–Crippen MR) is 57.3 cm³/mol. The first-order chi connectivity index (χ1) is 7.24. The number of rotatable bonds is 3. The molecule has 1 rings (SSSR count). The van der Waals surface area contributed by atoms with Crippen molar-refractivity contribution in [3.63, 3.8) is 0 Å². The van der Waals surface area contributed by atoms with Crippen molar-refractivity contribution in [3.8, 4) is 0 Å². The molecule has 0 aromatic heterocycles. The van der Waals surface area contributed by atoms with E-state index < -0.39 is 6.03 Å². The van der Waals surface area contributed by atoms with E-state index in [9.17, 15) is 4.79 Å². The highest BCUT2D eigenvalue weighted by Crippen LogP contribution is 1.99. The molecule has 2 N–H and O–H groups in total. The third-order valence-corrected chi connectivity index (χ3v) is 1.71. The predicted octanol–water partition coefficient (Wildman–Crippen LogP) is 1.27. The third-order valence-electron chi connectivity index (χ3n) is 1.71. The Morgan fingerprint density at radius 3 is 2.60 bits per heavy atom. The van der Waals surface area contributed by atoms with Crippen LogP contribution in [0.4, 0.5) is 4.79 Å². The number of benzene rings is 1. The summed E-state index contributed by atoms with van der Waals surface area (Å²) in [6.07, 6.45) is 0. The van der Waals surface area contributed by atoms with Gasteiger partial charge in [0.2, 0.25) is 0 Å². The minimum atomic E-state index is -0.507. The molecule has 0 saturated carbocycles. The Kier molecular flexibility index (Phi) is 4.30. The number of nitrogens with one attached hydrogen (secondary N) is 2. The summed E-state index contributed by atoms with van der Waals surface area (Å²) in [4.78, 5) is 15.3. The van der Waals surface area contributed by atoms with Crippen molar-refractivity contribution in [1.82, 2.24) is 10.9 Å². The minimum absolute atomic E-state index is 0.507. The van der Waals surface area contributed by atoms with Crippen molar-refractivity contribution in [1.29, 1.82) is 0 Å². The van der Waals surface area contributed by atoms with Crippen LogP contribution in [0, 0.1) is 0 Å². The van der Waals surface area contributed by atoms with Gasteiger partial charge in [-0.05, 0) is 12.5 Å². The van der Waals surface area contributed by atoms with Gasteiger partial charge in [-0.3, -0.25) is 4.84 Å². The highest BCUT2D eigenvalue weighted by atomic mass is 16.6. The maximum absolute atomic E-state index is 10.9. The van der Waals surface area contributed by atoms with Gasteiger partial charge < -0.3 is 0 Å². The second kappa shape index (κ2) is 5.77. The van der Waals surface area contributed by atoms with Gasteiger partial charge in [0, 0.05) is 0 Å². The number of nitrogens with zero attached hydrogens (tertiary/aromatic N) is 1. The van der Waals surface area contributed by atoms with Gasteiger partial charge in [-0.25, -0.2) is 15.7 Å². The standard InChI is InChI=1S/C10H13N3O2/c1-8(9-6-4-3-5-7-9)11-12-10(14)13-15-2/h3-7H,1-2H3,(H2,12,13,14)/b11-8-. The smallest absolute Gasteiger partial charge is 0.275 e. The van der Waals surface area contributed by atoms with Crippen LogP contribution < -0.4 is 10.9 Å². The second-order valence-electron chi connectivity index (χ2n) is 2.81. The van der Waals surface area contributed by atoms with Gasteiger partial charge in [0.1, 0.15) is 0 Å². The molecule has 1 aromatic rings. The number of hydrazone groups is 1. The van der Waals surface area contributed by atoms with Crippen molar-refractivity contribution < 1.29 is 9.63 Å². The molecular weight excluding hydrogens is 194 g/mol. The molecule has 0 bridgehead atoms. The van der Waals surface area contributed by atoms with E-state index in [-0.39, 0.29) is 0 Å².